The van der Waals surface area contributed by atoms with Gasteiger partial charge in [0.05, 0.1) is 0 Å². The number of nitrogens with one attached hydrogen (secondary N) is 1. The van der Waals surface area contributed by atoms with Crippen molar-refractivity contribution in [2.45, 2.75) is 25.8 Å². The Morgan fingerprint density at radius 3 is 2.58 bits per heavy atom. The van der Waals surface area contributed by atoms with Crippen LogP contribution in [0.1, 0.15) is 23.6 Å². The highest BCUT2D eigenvalue weighted by molar-refractivity contribution is 6.31. The van der Waals surface area contributed by atoms with Gasteiger partial charge in [-0.15, -0.1) is 0 Å². The minimum Gasteiger partial charge on any atom is -0.314 e. The van der Waals surface area contributed by atoms with Gasteiger partial charge in [-0.2, -0.15) is 0 Å². The van der Waals surface area contributed by atoms with Gasteiger partial charge in [0, 0.05) is 43.7 Å². The molecule has 106 valence electrons. The maximum absolute atomic E-state index is 12.8. The van der Waals surface area contributed by atoms with Crippen molar-refractivity contribution in [2.24, 2.45) is 0 Å². The van der Waals surface area contributed by atoms with Crippen LogP contribution in [-0.4, -0.2) is 37.5 Å². The smallest absolute Gasteiger partial charge is 0.240 e. The Kier molecular flexibility index (Phi) is 5.13. The molecule has 1 atom stereocenters. The molecule has 1 aliphatic heterocycles. The molecular weight excluding hydrogens is 270 g/mol. The lowest BCUT2D eigenvalue weighted by Crippen LogP contribution is -2.45. The summed E-state index contributed by atoms with van der Waals surface area (Å²) >= 11 is 6.01. The van der Waals surface area contributed by atoms with Crippen molar-refractivity contribution in [3.8, 4) is 0 Å². The Bertz CT molecular complexity index is 420. The number of rotatable bonds is 4. The van der Waals surface area contributed by atoms with E-state index in [0.717, 1.165) is 37.3 Å². The van der Waals surface area contributed by atoms with Crippen LogP contribution >= 0.6 is 11.6 Å². The second-order valence-corrected chi connectivity index (χ2v) is 5.34. The molecule has 19 heavy (non-hydrogen) atoms. The molecule has 1 aliphatic rings. The number of benzene rings is 1. The first-order valence-corrected chi connectivity index (χ1v) is 6.94. The molecule has 0 unspecified atom stereocenters. The van der Waals surface area contributed by atoms with E-state index in [1.807, 2.05) is 19.1 Å². The van der Waals surface area contributed by atoms with Crippen LogP contribution < -0.4 is 5.32 Å². The summed E-state index contributed by atoms with van der Waals surface area (Å²) in [6.07, 6.45) is -2.42. The van der Waals surface area contributed by atoms with Gasteiger partial charge >= 0.3 is 0 Å². The van der Waals surface area contributed by atoms with Crippen LogP contribution in [0.3, 0.4) is 0 Å². The van der Waals surface area contributed by atoms with Crippen molar-refractivity contribution in [3.05, 3.63) is 34.3 Å². The van der Waals surface area contributed by atoms with Gasteiger partial charge in [-0.3, -0.25) is 4.90 Å². The highest BCUT2D eigenvalue weighted by Gasteiger charge is 2.25. The third kappa shape index (κ3) is 3.88. The number of aryl methyl sites for hydroxylation is 1. The number of piperazine rings is 1. The van der Waals surface area contributed by atoms with E-state index in [9.17, 15) is 8.78 Å². The quantitative estimate of drug-likeness (QED) is 0.915. The number of hydrogen-bond acceptors (Lipinski definition) is 2. The van der Waals surface area contributed by atoms with Crippen LogP contribution in [0.15, 0.2) is 18.2 Å². The molecule has 0 aromatic heterocycles. The summed E-state index contributed by atoms with van der Waals surface area (Å²) in [7, 11) is 0. The van der Waals surface area contributed by atoms with Gasteiger partial charge < -0.3 is 5.32 Å². The van der Waals surface area contributed by atoms with E-state index in [-0.39, 0.29) is 12.5 Å². The maximum atomic E-state index is 12.8. The third-order valence-corrected chi connectivity index (χ3v) is 3.98. The standard InChI is InChI=1S/C14H19ClF2N2/c1-10-8-11(2-3-12(10)15)13(9-14(16)17)19-6-4-18-5-7-19/h2-3,8,13-14,18H,4-7,9H2,1H3/t13-/m0/s1. The average molecular weight is 289 g/mol. The predicted molar refractivity (Wildman–Crippen MR) is 74.0 cm³/mol. The zero-order chi connectivity index (χ0) is 13.8. The summed E-state index contributed by atoms with van der Waals surface area (Å²) in [6.45, 7) is 5.22. The molecule has 0 saturated carbocycles. The van der Waals surface area contributed by atoms with Crippen molar-refractivity contribution < 1.29 is 8.78 Å². The molecule has 1 N–H and O–H groups in total. The molecule has 1 heterocycles. The van der Waals surface area contributed by atoms with Crippen LogP contribution in [0.2, 0.25) is 5.02 Å². The Labute approximate surface area is 117 Å². The number of hydrogen-bond donors (Lipinski definition) is 1. The Hall–Kier alpha value is -0.710. The van der Waals surface area contributed by atoms with Crippen LogP contribution in [0.5, 0.6) is 0 Å². The molecular formula is C14H19ClF2N2. The third-order valence-electron chi connectivity index (χ3n) is 3.56. The van der Waals surface area contributed by atoms with Gasteiger partial charge in [-0.1, -0.05) is 23.7 Å². The Balaban J connectivity index is 2.22. The maximum Gasteiger partial charge on any atom is 0.240 e. The Morgan fingerprint density at radius 2 is 2.00 bits per heavy atom. The molecule has 0 aliphatic carbocycles. The van der Waals surface area contributed by atoms with Crippen LogP contribution in [0.25, 0.3) is 0 Å². The lowest BCUT2D eigenvalue weighted by Gasteiger charge is -2.35. The largest absolute Gasteiger partial charge is 0.314 e. The van der Waals surface area contributed by atoms with E-state index in [4.69, 9.17) is 11.6 Å². The summed E-state index contributed by atoms with van der Waals surface area (Å²) in [6, 6.07) is 5.37. The fourth-order valence-corrected chi connectivity index (χ4v) is 2.65. The molecule has 0 bridgehead atoms. The fourth-order valence-electron chi connectivity index (χ4n) is 2.53. The summed E-state index contributed by atoms with van der Waals surface area (Å²) in [4.78, 5) is 2.13. The van der Waals surface area contributed by atoms with E-state index < -0.39 is 6.43 Å². The fraction of sp³-hybridized carbons (Fsp3) is 0.571. The SMILES string of the molecule is Cc1cc([C@H](CC(F)F)N2CCNCC2)ccc1Cl. The van der Waals surface area contributed by atoms with E-state index in [1.165, 1.54) is 0 Å². The van der Waals surface area contributed by atoms with Crippen LogP contribution in [-0.2, 0) is 0 Å². The average Bonchev–Trinajstić information content (AvgIpc) is 2.40. The van der Waals surface area contributed by atoms with Gasteiger partial charge in [0.15, 0.2) is 0 Å². The van der Waals surface area contributed by atoms with Gasteiger partial charge in [0.1, 0.15) is 0 Å². The molecule has 0 amide bonds. The van der Waals surface area contributed by atoms with Crippen LogP contribution in [0, 0.1) is 6.92 Å². The predicted octanol–water partition coefficient (Wildman–Crippen LogP) is 3.25. The molecule has 0 spiro atoms. The van der Waals surface area contributed by atoms with Gasteiger partial charge in [-0.05, 0) is 24.1 Å². The van der Waals surface area contributed by atoms with Crippen molar-refractivity contribution in [2.75, 3.05) is 26.2 Å². The minimum atomic E-state index is -2.30. The molecule has 0 radical (unpaired) electrons. The lowest BCUT2D eigenvalue weighted by atomic mass is 9.99. The first kappa shape index (κ1) is 14.7. The number of halogens is 3. The molecule has 2 nitrogen and oxygen atoms in total. The topological polar surface area (TPSA) is 15.3 Å². The van der Waals surface area contributed by atoms with Gasteiger partial charge in [0.25, 0.3) is 0 Å². The zero-order valence-corrected chi connectivity index (χ0v) is 11.8. The molecule has 1 aromatic carbocycles. The number of alkyl halides is 2. The van der Waals surface area contributed by atoms with Crippen molar-refractivity contribution in [3.63, 3.8) is 0 Å². The van der Waals surface area contributed by atoms with Gasteiger partial charge in [0.2, 0.25) is 6.43 Å². The van der Waals surface area contributed by atoms with E-state index in [2.05, 4.69) is 10.2 Å². The lowest BCUT2D eigenvalue weighted by molar-refractivity contribution is 0.0739. The summed E-state index contributed by atoms with van der Waals surface area (Å²) in [5.74, 6) is 0. The van der Waals surface area contributed by atoms with E-state index in [0.29, 0.717) is 5.02 Å². The van der Waals surface area contributed by atoms with Gasteiger partial charge in [-0.25, -0.2) is 8.78 Å². The van der Waals surface area contributed by atoms with Crippen molar-refractivity contribution in [1.82, 2.24) is 10.2 Å². The van der Waals surface area contributed by atoms with Crippen LogP contribution in [0.4, 0.5) is 8.78 Å². The monoisotopic (exact) mass is 288 g/mol. The van der Waals surface area contributed by atoms with Crippen molar-refractivity contribution >= 4 is 11.6 Å². The minimum absolute atomic E-state index is 0.124. The Morgan fingerprint density at radius 1 is 1.32 bits per heavy atom. The molecule has 1 aromatic rings. The molecule has 2 rings (SSSR count). The molecule has 5 heteroatoms. The van der Waals surface area contributed by atoms with E-state index in [1.54, 1.807) is 6.07 Å². The number of nitrogens with zero attached hydrogens (tertiary/aromatic N) is 1. The summed E-state index contributed by atoms with van der Waals surface area (Å²) in [5.41, 5.74) is 1.87. The first-order valence-electron chi connectivity index (χ1n) is 6.57. The molecule has 1 fully saturated rings. The normalized spacial score (nSPS) is 18.8. The summed E-state index contributed by atoms with van der Waals surface area (Å²) < 4.78 is 25.7. The second-order valence-electron chi connectivity index (χ2n) is 4.94. The summed E-state index contributed by atoms with van der Waals surface area (Å²) in [5, 5.41) is 3.93. The highest BCUT2D eigenvalue weighted by atomic mass is 35.5. The molecule has 1 saturated heterocycles. The van der Waals surface area contributed by atoms with Crippen molar-refractivity contribution in [1.29, 1.82) is 0 Å². The zero-order valence-electron chi connectivity index (χ0n) is 11.0. The second kappa shape index (κ2) is 6.64. The van der Waals surface area contributed by atoms with E-state index >= 15 is 0 Å². The first-order chi connectivity index (χ1) is 9.08. The highest BCUT2D eigenvalue weighted by Crippen LogP contribution is 2.30.